The number of hydrogen-bond acceptors (Lipinski definition) is 3. The van der Waals surface area contributed by atoms with Crippen LogP contribution in [0.25, 0.3) is 0 Å². The number of carboxylic acid groups (broad SMARTS) is 1. The summed E-state index contributed by atoms with van der Waals surface area (Å²) < 4.78 is 0. The van der Waals surface area contributed by atoms with E-state index in [0.717, 1.165) is 16.1 Å². The maximum Gasteiger partial charge on any atom is 0.305 e. The Kier molecular flexibility index (Phi) is 4.67. The molecule has 0 spiro atoms. The Morgan fingerprint density at radius 3 is 2.57 bits per heavy atom. The van der Waals surface area contributed by atoms with Crippen LogP contribution < -0.4 is 4.90 Å². The Bertz CT molecular complexity index is 717. The zero-order valence-corrected chi connectivity index (χ0v) is 13.3. The lowest BCUT2D eigenvalue weighted by Crippen LogP contribution is -2.32. The molecule has 5 heteroatoms. The van der Waals surface area contributed by atoms with Crippen LogP contribution in [0.5, 0.6) is 0 Å². The van der Waals surface area contributed by atoms with E-state index in [1.165, 1.54) is 0 Å². The number of nitrogens with zero attached hydrogens (tertiary/aromatic N) is 1. The highest BCUT2D eigenvalue weighted by Crippen LogP contribution is 2.45. The number of aliphatic carboxylic acids is 1. The van der Waals surface area contributed by atoms with Crippen molar-refractivity contribution in [2.24, 2.45) is 0 Å². The molecule has 0 bridgehead atoms. The normalized spacial score (nSPS) is 17.5. The smallest absolute Gasteiger partial charge is 0.305 e. The summed E-state index contributed by atoms with van der Waals surface area (Å²) in [5, 5.41) is 8.98. The molecule has 1 atom stereocenters. The maximum atomic E-state index is 12.7. The van der Waals surface area contributed by atoms with Crippen LogP contribution in [0.3, 0.4) is 0 Å². The summed E-state index contributed by atoms with van der Waals surface area (Å²) in [6.07, 6.45) is 0.309. The predicted molar refractivity (Wildman–Crippen MR) is 90.7 cm³/mol. The molecule has 3 rings (SSSR count). The van der Waals surface area contributed by atoms with Crippen molar-refractivity contribution >= 4 is 29.3 Å². The quantitative estimate of drug-likeness (QED) is 0.929. The molecule has 2 aromatic carbocycles. The summed E-state index contributed by atoms with van der Waals surface area (Å²) in [7, 11) is 0. The summed E-state index contributed by atoms with van der Waals surface area (Å²) in [5.74, 6) is -0.927. The van der Waals surface area contributed by atoms with Crippen LogP contribution in [-0.4, -0.2) is 23.5 Å². The third-order valence-corrected chi connectivity index (χ3v) is 5.13. The van der Waals surface area contributed by atoms with Crippen LogP contribution in [0.4, 0.5) is 5.69 Å². The van der Waals surface area contributed by atoms with Gasteiger partial charge in [-0.25, -0.2) is 0 Å². The van der Waals surface area contributed by atoms with Crippen LogP contribution in [-0.2, 0) is 9.59 Å². The first-order valence-electron chi connectivity index (χ1n) is 7.48. The minimum absolute atomic E-state index is 0.0300. The number of amides is 1. The lowest BCUT2D eigenvalue weighted by atomic mass is 10.1. The van der Waals surface area contributed by atoms with Crippen molar-refractivity contribution < 1.29 is 14.7 Å². The standard InChI is InChI=1S/C18H17NO3S/c20-17-12-16(13-6-2-1-3-7-13)23-15-9-5-4-8-14(15)19(17)11-10-18(21)22/h1-9,16H,10-12H2,(H,21,22)/t16-/m0/s1. The van der Waals surface area contributed by atoms with Crippen LogP contribution in [0.1, 0.15) is 23.7 Å². The molecule has 4 nitrogen and oxygen atoms in total. The van der Waals surface area contributed by atoms with E-state index in [1.807, 2.05) is 54.6 Å². The van der Waals surface area contributed by atoms with Crippen molar-refractivity contribution in [3.8, 4) is 0 Å². The second-order valence-electron chi connectivity index (χ2n) is 5.38. The van der Waals surface area contributed by atoms with E-state index in [4.69, 9.17) is 5.11 Å². The fourth-order valence-corrected chi connectivity index (χ4v) is 3.97. The number of hydrogen-bond donors (Lipinski definition) is 1. The number of rotatable bonds is 4. The number of anilines is 1. The summed E-state index contributed by atoms with van der Waals surface area (Å²) in [4.78, 5) is 26.2. The fourth-order valence-electron chi connectivity index (χ4n) is 2.68. The zero-order chi connectivity index (χ0) is 16.2. The Hall–Kier alpha value is -2.27. The zero-order valence-electron chi connectivity index (χ0n) is 12.5. The number of thioether (sulfide) groups is 1. The lowest BCUT2D eigenvalue weighted by Gasteiger charge is -2.21. The van der Waals surface area contributed by atoms with Crippen molar-refractivity contribution in [1.29, 1.82) is 0 Å². The molecule has 1 aliphatic heterocycles. The van der Waals surface area contributed by atoms with Gasteiger partial charge in [0.25, 0.3) is 0 Å². The van der Waals surface area contributed by atoms with Crippen molar-refractivity contribution in [2.45, 2.75) is 23.0 Å². The van der Waals surface area contributed by atoms with E-state index in [-0.39, 0.29) is 24.1 Å². The van der Waals surface area contributed by atoms with Gasteiger partial charge in [0, 0.05) is 23.1 Å². The van der Waals surface area contributed by atoms with Gasteiger partial charge >= 0.3 is 5.97 Å². The Labute approximate surface area is 139 Å². The second-order valence-corrected chi connectivity index (χ2v) is 6.62. The molecular weight excluding hydrogens is 310 g/mol. The number of carbonyl (C=O) groups excluding carboxylic acids is 1. The minimum Gasteiger partial charge on any atom is -0.481 e. The van der Waals surface area contributed by atoms with Gasteiger partial charge in [0.15, 0.2) is 0 Å². The Balaban J connectivity index is 1.94. The number of fused-ring (bicyclic) bond motifs is 1. The van der Waals surface area contributed by atoms with Crippen LogP contribution in [0.2, 0.25) is 0 Å². The van der Waals surface area contributed by atoms with Gasteiger partial charge in [0.2, 0.25) is 5.91 Å². The highest BCUT2D eigenvalue weighted by atomic mass is 32.2. The molecule has 0 fully saturated rings. The summed E-state index contributed by atoms with van der Waals surface area (Å²) in [6, 6.07) is 17.7. The SMILES string of the molecule is O=C(O)CCN1C(=O)C[C@@H](c2ccccc2)Sc2ccccc21. The number of carbonyl (C=O) groups is 2. The molecular formula is C18H17NO3S. The van der Waals surface area contributed by atoms with Crippen molar-refractivity contribution in [3.05, 3.63) is 60.2 Å². The maximum absolute atomic E-state index is 12.7. The van der Waals surface area contributed by atoms with Crippen molar-refractivity contribution in [1.82, 2.24) is 0 Å². The molecule has 1 aliphatic rings. The number of para-hydroxylation sites is 1. The van der Waals surface area contributed by atoms with Gasteiger partial charge in [-0.1, -0.05) is 42.5 Å². The van der Waals surface area contributed by atoms with Gasteiger partial charge in [0.05, 0.1) is 12.1 Å². The molecule has 0 saturated carbocycles. The molecule has 1 N–H and O–H groups in total. The van der Waals surface area contributed by atoms with Gasteiger partial charge in [-0.3, -0.25) is 9.59 Å². The first-order valence-corrected chi connectivity index (χ1v) is 8.36. The van der Waals surface area contributed by atoms with E-state index in [0.29, 0.717) is 6.42 Å². The molecule has 23 heavy (non-hydrogen) atoms. The molecule has 1 heterocycles. The largest absolute Gasteiger partial charge is 0.481 e. The summed E-state index contributed by atoms with van der Waals surface area (Å²) in [5.41, 5.74) is 1.92. The monoisotopic (exact) mass is 327 g/mol. The minimum atomic E-state index is -0.896. The Morgan fingerprint density at radius 1 is 1.13 bits per heavy atom. The first kappa shape index (κ1) is 15.6. The fraction of sp³-hybridized carbons (Fsp3) is 0.222. The molecule has 0 saturated heterocycles. The summed E-state index contributed by atoms with van der Waals surface area (Å²) in [6.45, 7) is 0.202. The molecule has 1 amide bonds. The lowest BCUT2D eigenvalue weighted by molar-refractivity contribution is -0.136. The third-order valence-electron chi connectivity index (χ3n) is 3.81. The van der Waals surface area contributed by atoms with Crippen LogP contribution in [0, 0.1) is 0 Å². The van der Waals surface area contributed by atoms with Gasteiger partial charge in [-0.2, -0.15) is 0 Å². The van der Waals surface area contributed by atoms with Gasteiger partial charge in [0.1, 0.15) is 0 Å². The van der Waals surface area contributed by atoms with E-state index >= 15 is 0 Å². The van der Waals surface area contributed by atoms with Crippen LogP contribution >= 0.6 is 11.8 Å². The second kappa shape index (κ2) is 6.87. The van der Waals surface area contributed by atoms with Crippen molar-refractivity contribution in [3.63, 3.8) is 0 Å². The van der Waals surface area contributed by atoms with Gasteiger partial charge < -0.3 is 10.0 Å². The molecule has 118 valence electrons. The molecule has 0 aromatic heterocycles. The molecule has 0 aliphatic carbocycles. The van der Waals surface area contributed by atoms with Crippen molar-refractivity contribution in [2.75, 3.05) is 11.4 Å². The summed E-state index contributed by atoms with van der Waals surface area (Å²) >= 11 is 1.66. The average Bonchev–Trinajstić information content (AvgIpc) is 2.70. The highest BCUT2D eigenvalue weighted by molar-refractivity contribution is 7.99. The number of benzene rings is 2. The van der Waals surface area contributed by atoms with E-state index in [1.54, 1.807) is 16.7 Å². The van der Waals surface area contributed by atoms with E-state index < -0.39 is 5.97 Å². The molecule has 0 radical (unpaired) electrons. The van der Waals surface area contributed by atoms with Gasteiger partial charge in [-0.05, 0) is 17.7 Å². The van der Waals surface area contributed by atoms with Crippen LogP contribution in [0.15, 0.2) is 59.5 Å². The Morgan fingerprint density at radius 2 is 1.83 bits per heavy atom. The van der Waals surface area contributed by atoms with E-state index in [9.17, 15) is 9.59 Å². The third kappa shape index (κ3) is 3.56. The molecule has 0 unspecified atom stereocenters. The van der Waals surface area contributed by atoms with Gasteiger partial charge in [-0.15, -0.1) is 11.8 Å². The first-order chi connectivity index (χ1) is 11.1. The predicted octanol–water partition coefficient (Wildman–Crippen LogP) is 3.73. The highest BCUT2D eigenvalue weighted by Gasteiger charge is 2.29. The molecule has 2 aromatic rings. The average molecular weight is 327 g/mol. The topological polar surface area (TPSA) is 57.6 Å². The number of carboxylic acids is 1. The van der Waals surface area contributed by atoms with E-state index in [2.05, 4.69) is 0 Å².